The molecule has 0 amide bonds. The minimum Gasteiger partial charge on any atom is -0.0613 e. The number of hydrogen-bond donors (Lipinski definition) is 0. The zero-order chi connectivity index (χ0) is 15.4. The fraction of sp³-hybridized carbons (Fsp3) is 0.455. The number of rotatable bonds is 4. The average Bonchev–Trinajstić information content (AvgIpc) is 2.62. The minimum absolute atomic E-state index is 0.247. The summed E-state index contributed by atoms with van der Waals surface area (Å²) in [4.78, 5) is 0. The Morgan fingerprint density at radius 1 is 0.636 bits per heavy atom. The van der Waals surface area contributed by atoms with E-state index in [0.29, 0.717) is 0 Å². The van der Waals surface area contributed by atoms with Gasteiger partial charge in [0.05, 0.1) is 0 Å². The highest BCUT2D eigenvalue weighted by Crippen LogP contribution is 2.44. The Morgan fingerprint density at radius 2 is 1.05 bits per heavy atom. The Balaban J connectivity index is 2.02. The molecule has 2 aromatic rings. The van der Waals surface area contributed by atoms with Crippen LogP contribution in [0.25, 0.3) is 0 Å². The van der Waals surface area contributed by atoms with E-state index < -0.39 is 0 Å². The van der Waals surface area contributed by atoms with Gasteiger partial charge in [-0.25, -0.2) is 0 Å². The normalized spacial score (nSPS) is 17.4. The van der Waals surface area contributed by atoms with Crippen molar-refractivity contribution in [3.63, 3.8) is 0 Å². The van der Waals surface area contributed by atoms with E-state index in [-0.39, 0.29) is 5.41 Å². The third-order valence-electron chi connectivity index (χ3n) is 5.54. The molecule has 1 aliphatic carbocycles. The molecule has 3 rings (SSSR count). The van der Waals surface area contributed by atoms with Crippen LogP contribution >= 0.6 is 0 Å². The predicted molar refractivity (Wildman–Crippen MR) is 95.5 cm³/mol. The second kappa shape index (κ2) is 6.69. The quantitative estimate of drug-likeness (QED) is 0.642. The van der Waals surface area contributed by atoms with Crippen molar-refractivity contribution < 1.29 is 0 Å². The molecule has 0 saturated heterocycles. The van der Waals surface area contributed by atoms with Crippen molar-refractivity contribution >= 4 is 0 Å². The van der Waals surface area contributed by atoms with E-state index >= 15 is 0 Å². The molecule has 0 radical (unpaired) electrons. The minimum atomic E-state index is 0.247. The van der Waals surface area contributed by atoms with E-state index in [4.69, 9.17) is 0 Å². The van der Waals surface area contributed by atoms with Gasteiger partial charge in [-0.3, -0.25) is 0 Å². The predicted octanol–water partition coefficient (Wildman–Crippen LogP) is 6.06. The number of aryl methyl sites for hydroxylation is 2. The lowest BCUT2D eigenvalue weighted by Crippen LogP contribution is -2.30. The molecule has 0 heterocycles. The summed E-state index contributed by atoms with van der Waals surface area (Å²) in [7, 11) is 0. The summed E-state index contributed by atoms with van der Waals surface area (Å²) in [5.41, 5.74) is 6.17. The van der Waals surface area contributed by atoms with Crippen LogP contribution in [0.1, 0.15) is 68.2 Å². The first-order valence-corrected chi connectivity index (χ1v) is 8.97. The van der Waals surface area contributed by atoms with Gasteiger partial charge in [0.15, 0.2) is 0 Å². The molecule has 0 aliphatic heterocycles. The lowest BCUT2D eigenvalue weighted by molar-refractivity contribution is 0.346. The maximum Gasteiger partial charge on any atom is 0.0202 e. The van der Waals surface area contributed by atoms with Crippen molar-refractivity contribution in [2.75, 3.05) is 0 Å². The second-order valence-electron chi connectivity index (χ2n) is 6.74. The standard InChI is InChI=1S/C22H28/c1-3-18-8-12-20(13-9-18)22(16-6-5-7-17-22)21-14-10-19(4-2)11-15-21/h8-15H,3-7,16-17H2,1-2H3. The SMILES string of the molecule is CCc1ccc(C2(c3ccc(CC)cc3)CCCCC2)cc1. The lowest BCUT2D eigenvalue weighted by Gasteiger charge is -2.39. The topological polar surface area (TPSA) is 0 Å². The van der Waals surface area contributed by atoms with Crippen molar-refractivity contribution in [1.29, 1.82) is 0 Å². The van der Waals surface area contributed by atoms with E-state index in [1.54, 1.807) is 0 Å². The van der Waals surface area contributed by atoms with Crippen LogP contribution in [0.3, 0.4) is 0 Å². The summed E-state index contributed by atoms with van der Waals surface area (Å²) in [6.45, 7) is 4.46. The van der Waals surface area contributed by atoms with Gasteiger partial charge in [0.25, 0.3) is 0 Å². The van der Waals surface area contributed by atoms with Gasteiger partial charge >= 0.3 is 0 Å². The Kier molecular flexibility index (Phi) is 4.66. The van der Waals surface area contributed by atoms with Crippen LogP contribution in [-0.4, -0.2) is 0 Å². The molecule has 0 aromatic heterocycles. The van der Waals surface area contributed by atoms with Crippen molar-refractivity contribution in [1.82, 2.24) is 0 Å². The summed E-state index contributed by atoms with van der Waals surface area (Å²) in [6.07, 6.45) is 8.93. The third-order valence-corrected chi connectivity index (χ3v) is 5.54. The van der Waals surface area contributed by atoms with E-state index in [2.05, 4.69) is 62.4 Å². The van der Waals surface area contributed by atoms with Gasteiger partial charge in [-0.15, -0.1) is 0 Å². The first-order valence-electron chi connectivity index (χ1n) is 8.97. The van der Waals surface area contributed by atoms with Crippen molar-refractivity contribution in [3.05, 3.63) is 70.8 Å². The Bertz CT molecular complexity index is 533. The lowest BCUT2D eigenvalue weighted by atomic mass is 9.65. The molecule has 116 valence electrons. The summed E-state index contributed by atoms with van der Waals surface area (Å²) in [5, 5.41) is 0. The number of benzene rings is 2. The van der Waals surface area contributed by atoms with Gasteiger partial charge in [0.2, 0.25) is 0 Å². The highest BCUT2D eigenvalue weighted by Gasteiger charge is 2.35. The number of hydrogen-bond acceptors (Lipinski definition) is 0. The highest BCUT2D eigenvalue weighted by atomic mass is 14.4. The van der Waals surface area contributed by atoms with Gasteiger partial charge in [-0.2, -0.15) is 0 Å². The molecule has 1 fully saturated rings. The zero-order valence-corrected chi connectivity index (χ0v) is 14.1. The largest absolute Gasteiger partial charge is 0.0613 e. The van der Waals surface area contributed by atoms with E-state index in [9.17, 15) is 0 Å². The van der Waals surface area contributed by atoms with Crippen LogP contribution in [-0.2, 0) is 18.3 Å². The second-order valence-corrected chi connectivity index (χ2v) is 6.74. The van der Waals surface area contributed by atoms with Gasteiger partial charge < -0.3 is 0 Å². The smallest absolute Gasteiger partial charge is 0.0202 e. The maximum absolute atomic E-state index is 2.39. The molecule has 0 N–H and O–H groups in total. The average molecular weight is 292 g/mol. The summed E-state index contributed by atoms with van der Waals surface area (Å²) >= 11 is 0. The zero-order valence-electron chi connectivity index (χ0n) is 14.1. The third kappa shape index (κ3) is 2.84. The molecule has 0 nitrogen and oxygen atoms in total. The molecular weight excluding hydrogens is 264 g/mol. The molecule has 1 saturated carbocycles. The van der Waals surface area contributed by atoms with Gasteiger partial charge in [-0.1, -0.05) is 81.6 Å². The summed E-state index contributed by atoms with van der Waals surface area (Å²) < 4.78 is 0. The molecular formula is C22H28. The van der Waals surface area contributed by atoms with Gasteiger partial charge in [0.1, 0.15) is 0 Å². The van der Waals surface area contributed by atoms with Crippen molar-refractivity contribution in [2.45, 2.75) is 64.2 Å². The van der Waals surface area contributed by atoms with E-state index in [1.165, 1.54) is 54.4 Å². The Hall–Kier alpha value is -1.56. The highest BCUT2D eigenvalue weighted by molar-refractivity contribution is 5.42. The van der Waals surface area contributed by atoms with Crippen molar-refractivity contribution in [3.8, 4) is 0 Å². The van der Waals surface area contributed by atoms with Crippen LogP contribution in [0.2, 0.25) is 0 Å². The molecule has 22 heavy (non-hydrogen) atoms. The van der Waals surface area contributed by atoms with E-state index in [0.717, 1.165) is 12.8 Å². The fourth-order valence-electron chi connectivity index (χ4n) is 4.02. The van der Waals surface area contributed by atoms with Crippen molar-refractivity contribution in [2.24, 2.45) is 0 Å². The monoisotopic (exact) mass is 292 g/mol. The van der Waals surface area contributed by atoms with Crippen LogP contribution in [0.15, 0.2) is 48.5 Å². The Labute approximate surface area is 135 Å². The first-order chi connectivity index (χ1) is 10.8. The molecule has 0 unspecified atom stereocenters. The van der Waals surface area contributed by atoms with Crippen LogP contribution < -0.4 is 0 Å². The molecule has 0 spiro atoms. The van der Waals surface area contributed by atoms with Crippen LogP contribution in [0.4, 0.5) is 0 Å². The first kappa shape index (κ1) is 15.3. The summed E-state index contributed by atoms with van der Waals surface area (Å²) in [6, 6.07) is 18.8. The van der Waals surface area contributed by atoms with Gasteiger partial charge in [-0.05, 0) is 47.9 Å². The Morgan fingerprint density at radius 3 is 1.41 bits per heavy atom. The van der Waals surface area contributed by atoms with E-state index in [1.807, 2.05) is 0 Å². The molecule has 0 bridgehead atoms. The molecule has 2 aromatic carbocycles. The fourth-order valence-corrected chi connectivity index (χ4v) is 4.02. The van der Waals surface area contributed by atoms with Gasteiger partial charge in [0, 0.05) is 5.41 Å². The summed E-state index contributed by atoms with van der Waals surface area (Å²) in [5.74, 6) is 0. The maximum atomic E-state index is 2.39. The molecule has 1 aliphatic rings. The van der Waals surface area contributed by atoms with Crippen LogP contribution in [0, 0.1) is 0 Å². The van der Waals surface area contributed by atoms with Crippen LogP contribution in [0.5, 0.6) is 0 Å². The molecule has 0 atom stereocenters. The molecule has 0 heteroatoms.